The van der Waals surface area contributed by atoms with Crippen molar-refractivity contribution >= 4 is 50.7 Å². The molecule has 1 aromatic rings. The van der Waals surface area contributed by atoms with Crippen LogP contribution in [-0.2, 0) is 20.4 Å². The Kier molecular flexibility index (Phi) is 5.82. The molecule has 1 aliphatic rings. The average Bonchev–Trinajstić information content (AvgIpc) is 2.64. The highest BCUT2D eigenvalue weighted by Crippen LogP contribution is 2.19. The van der Waals surface area contributed by atoms with E-state index >= 15 is 0 Å². The maximum Gasteiger partial charge on any atom is 0.230 e. The van der Waals surface area contributed by atoms with Gasteiger partial charge in [-0.05, 0) is 17.7 Å². The zero-order chi connectivity index (χ0) is 15.5. The molecule has 1 heterocycles. The normalized spacial score (nSPS) is 23.9. The Morgan fingerprint density at radius 3 is 2.52 bits per heavy atom. The number of sulfone groups is 1. The molecule has 0 saturated carbocycles. The first-order valence-corrected chi connectivity index (χ1v) is 10.1. The van der Waals surface area contributed by atoms with E-state index in [4.69, 9.17) is 23.2 Å². The largest absolute Gasteiger partial charge is 0.350 e. The molecule has 116 valence electrons. The molecule has 8 heteroatoms. The van der Waals surface area contributed by atoms with Gasteiger partial charge in [-0.1, -0.05) is 23.7 Å². The summed E-state index contributed by atoms with van der Waals surface area (Å²) in [6.45, 7) is 0. The van der Waals surface area contributed by atoms with Crippen LogP contribution in [0, 0.1) is 0 Å². The van der Waals surface area contributed by atoms with Crippen LogP contribution in [0.3, 0.4) is 0 Å². The molecule has 21 heavy (non-hydrogen) atoms. The Bertz CT molecular complexity index is 604. The second-order valence-electron chi connectivity index (χ2n) is 4.89. The van der Waals surface area contributed by atoms with Gasteiger partial charge in [0.15, 0.2) is 9.84 Å². The molecule has 0 aliphatic carbocycles. The third kappa shape index (κ3) is 5.36. The zero-order valence-corrected chi connectivity index (χ0v) is 14.2. The molecule has 4 nitrogen and oxygen atoms in total. The molecule has 0 spiro atoms. The Balaban J connectivity index is 1.74. The monoisotopic (exact) mass is 367 g/mol. The van der Waals surface area contributed by atoms with E-state index in [2.05, 4.69) is 5.32 Å². The third-order valence-electron chi connectivity index (χ3n) is 3.04. The average molecular weight is 368 g/mol. The van der Waals surface area contributed by atoms with Crippen LogP contribution >= 0.6 is 35.0 Å². The third-order valence-corrected chi connectivity index (χ3v) is 6.68. The first-order valence-electron chi connectivity index (χ1n) is 6.32. The van der Waals surface area contributed by atoms with E-state index in [0.29, 0.717) is 10.8 Å². The minimum Gasteiger partial charge on any atom is -0.350 e. The molecule has 2 atom stereocenters. The number of halogens is 2. The molecule has 1 fully saturated rings. The van der Waals surface area contributed by atoms with Crippen LogP contribution in [0.25, 0.3) is 0 Å². The van der Waals surface area contributed by atoms with E-state index in [9.17, 15) is 13.2 Å². The van der Waals surface area contributed by atoms with Crippen LogP contribution < -0.4 is 5.32 Å². The Hall–Kier alpha value is -0.430. The van der Waals surface area contributed by atoms with Gasteiger partial charge in [-0.15, -0.1) is 23.4 Å². The van der Waals surface area contributed by atoms with Crippen LogP contribution in [0.15, 0.2) is 24.3 Å². The highest BCUT2D eigenvalue weighted by Gasteiger charge is 2.37. The van der Waals surface area contributed by atoms with Crippen molar-refractivity contribution in [3.8, 4) is 0 Å². The standard InChI is InChI=1S/C13H15Cl2NO3S2/c14-10-3-1-9(2-4-10)5-20-6-13(17)16-12-8-21(18,19)7-11(12)15/h1-4,11-12H,5-8H2,(H,16,17)/t11-,12+/m1/s1. The van der Waals surface area contributed by atoms with Gasteiger partial charge in [0.25, 0.3) is 0 Å². The zero-order valence-electron chi connectivity index (χ0n) is 11.1. The first kappa shape index (κ1) is 16.9. The number of alkyl halides is 1. The van der Waals surface area contributed by atoms with Crippen molar-refractivity contribution in [2.75, 3.05) is 17.3 Å². The van der Waals surface area contributed by atoms with Gasteiger partial charge in [0.05, 0.1) is 28.7 Å². The molecule has 1 aromatic carbocycles. The summed E-state index contributed by atoms with van der Waals surface area (Å²) >= 11 is 13.2. The first-order chi connectivity index (χ1) is 9.85. The van der Waals surface area contributed by atoms with Crippen molar-refractivity contribution in [2.24, 2.45) is 0 Å². The van der Waals surface area contributed by atoms with Gasteiger partial charge in [-0.2, -0.15) is 0 Å². The lowest BCUT2D eigenvalue weighted by atomic mass is 10.2. The number of rotatable bonds is 5. The van der Waals surface area contributed by atoms with Crippen LogP contribution in [0.1, 0.15) is 5.56 Å². The summed E-state index contributed by atoms with van der Waals surface area (Å²) in [7, 11) is -3.12. The number of benzene rings is 1. The SMILES string of the molecule is O=C(CSCc1ccc(Cl)cc1)N[C@H]1CS(=O)(=O)C[C@H]1Cl. The summed E-state index contributed by atoms with van der Waals surface area (Å²) in [4.78, 5) is 11.8. The van der Waals surface area contributed by atoms with Gasteiger partial charge in [0, 0.05) is 10.8 Å². The fourth-order valence-electron chi connectivity index (χ4n) is 2.03. The lowest BCUT2D eigenvalue weighted by Crippen LogP contribution is -2.41. The second-order valence-corrected chi connectivity index (χ2v) is 9.02. The summed E-state index contributed by atoms with van der Waals surface area (Å²) < 4.78 is 22.8. The molecule has 0 aromatic heterocycles. The number of hydrogen-bond donors (Lipinski definition) is 1. The van der Waals surface area contributed by atoms with E-state index < -0.39 is 21.3 Å². The molecular weight excluding hydrogens is 353 g/mol. The molecule has 1 amide bonds. The van der Waals surface area contributed by atoms with Crippen molar-refractivity contribution in [3.63, 3.8) is 0 Å². The summed E-state index contributed by atoms with van der Waals surface area (Å²) in [5.41, 5.74) is 1.08. The van der Waals surface area contributed by atoms with Gasteiger partial charge in [0.1, 0.15) is 0 Å². The van der Waals surface area contributed by atoms with Crippen molar-refractivity contribution in [1.29, 1.82) is 0 Å². The van der Waals surface area contributed by atoms with Gasteiger partial charge in [0.2, 0.25) is 5.91 Å². The van der Waals surface area contributed by atoms with Crippen LogP contribution in [0.2, 0.25) is 5.02 Å². The molecule has 0 radical (unpaired) electrons. The van der Waals surface area contributed by atoms with Gasteiger partial charge < -0.3 is 5.32 Å². The fourth-order valence-corrected chi connectivity index (χ4v) is 5.50. The number of carbonyl (C=O) groups is 1. The maximum absolute atomic E-state index is 11.8. The predicted octanol–water partition coefficient (Wildman–Crippen LogP) is 2.09. The number of nitrogens with one attached hydrogen (secondary N) is 1. The van der Waals surface area contributed by atoms with E-state index in [-0.39, 0.29) is 23.2 Å². The van der Waals surface area contributed by atoms with Crippen molar-refractivity contribution in [2.45, 2.75) is 17.2 Å². The van der Waals surface area contributed by atoms with Crippen LogP contribution in [-0.4, -0.2) is 43.0 Å². The summed E-state index contributed by atoms with van der Waals surface area (Å²) in [5, 5.41) is 2.82. The van der Waals surface area contributed by atoms with Crippen LogP contribution in [0.5, 0.6) is 0 Å². The quantitative estimate of drug-likeness (QED) is 0.809. The number of hydrogen-bond acceptors (Lipinski definition) is 4. The molecular formula is C13H15Cl2NO3S2. The maximum atomic E-state index is 11.8. The molecule has 0 unspecified atom stereocenters. The van der Waals surface area contributed by atoms with Crippen LogP contribution in [0.4, 0.5) is 0 Å². The summed E-state index contributed by atoms with van der Waals surface area (Å²) in [5.74, 6) is 0.619. The molecule has 1 aliphatic heterocycles. The highest BCUT2D eigenvalue weighted by atomic mass is 35.5. The topological polar surface area (TPSA) is 63.2 Å². The molecule has 0 bridgehead atoms. The smallest absolute Gasteiger partial charge is 0.230 e. The molecule has 1 saturated heterocycles. The number of carbonyl (C=O) groups excluding carboxylic acids is 1. The fraction of sp³-hybridized carbons (Fsp3) is 0.462. The van der Waals surface area contributed by atoms with Gasteiger partial charge in [-0.3, -0.25) is 4.79 Å². The van der Waals surface area contributed by atoms with Crippen molar-refractivity contribution < 1.29 is 13.2 Å². The van der Waals surface area contributed by atoms with E-state index in [1.54, 1.807) is 12.1 Å². The minimum atomic E-state index is -3.12. The Morgan fingerprint density at radius 1 is 1.29 bits per heavy atom. The summed E-state index contributed by atoms with van der Waals surface area (Å²) in [6.07, 6.45) is 0. The highest BCUT2D eigenvalue weighted by molar-refractivity contribution is 7.99. The molecule has 2 rings (SSSR count). The van der Waals surface area contributed by atoms with Crippen molar-refractivity contribution in [1.82, 2.24) is 5.32 Å². The van der Waals surface area contributed by atoms with Gasteiger partial charge in [-0.25, -0.2) is 8.42 Å². The lowest BCUT2D eigenvalue weighted by Gasteiger charge is -2.14. The number of amides is 1. The van der Waals surface area contributed by atoms with Gasteiger partial charge >= 0.3 is 0 Å². The second kappa shape index (κ2) is 7.22. The predicted molar refractivity (Wildman–Crippen MR) is 87.8 cm³/mol. The van der Waals surface area contributed by atoms with E-state index in [1.165, 1.54) is 11.8 Å². The summed E-state index contributed by atoms with van der Waals surface area (Å²) in [6, 6.07) is 6.94. The van der Waals surface area contributed by atoms with Crippen molar-refractivity contribution in [3.05, 3.63) is 34.9 Å². The van der Waals surface area contributed by atoms with E-state index in [1.807, 2.05) is 12.1 Å². The lowest BCUT2D eigenvalue weighted by molar-refractivity contribution is -0.119. The Morgan fingerprint density at radius 2 is 1.95 bits per heavy atom. The molecule has 1 N–H and O–H groups in total. The van der Waals surface area contributed by atoms with E-state index in [0.717, 1.165) is 5.56 Å². The number of thioether (sulfide) groups is 1. The minimum absolute atomic E-state index is 0.0720. The Labute approximate surface area is 138 Å².